The van der Waals surface area contributed by atoms with E-state index in [0.29, 0.717) is 0 Å². The quantitative estimate of drug-likeness (QED) is 0.688. The van der Waals surface area contributed by atoms with Crippen molar-refractivity contribution in [3.63, 3.8) is 0 Å². The maximum Gasteiger partial charge on any atom is 0.110 e. The van der Waals surface area contributed by atoms with Gasteiger partial charge in [0.1, 0.15) is 5.37 Å². The van der Waals surface area contributed by atoms with Crippen LogP contribution in [0.5, 0.6) is 0 Å². The van der Waals surface area contributed by atoms with Gasteiger partial charge in [-0.3, -0.25) is 4.98 Å². The Morgan fingerprint density at radius 2 is 1.71 bits per heavy atom. The second kappa shape index (κ2) is 7.49. The summed E-state index contributed by atoms with van der Waals surface area (Å²) in [4.78, 5) is 10.6. The molecule has 2 aliphatic rings. The highest BCUT2D eigenvalue weighted by Gasteiger charge is 2.34. The van der Waals surface area contributed by atoms with Crippen LogP contribution in [0.25, 0.3) is 0 Å². The van der Waals surface area contributed by atoms with Gasteiger partial charge in [0.05, 0.1) is 23.3 Å². The number of hydrogen-bond acceptors (Lipinski definition) is 5. The Morgan fingerprint density at radius 1 is 0.929 bits per heavy atom. The van der Waals surface area contributed by atoms with Crippen LogP contribution in [-0.4, -0.2) is 24.1 Å². The molecule has 3 aromatic rings. The van der Waals surface area contributed by atoms with Gasteiger partial charge in [0.15, 0.2) is 0 Å². The SMILES string of the molecule is NC1CCCN(c2ccccc2N2c3cnccc3S[C@H]2c2ccccc2)C1. The molecule has 0 bridgehead atoms. The molecule has 0 spiro atoms. The van der Waals surface area contributed by atoms with Gasteiger partial charge in [-0.05, 0) is 36.6 Å². The summed E-state index contributed by atoms with van der Waals surface area (Å²) in [7, 11) is 0. The number of anilines is 3. The lowest BCUT2D eigenvalue weighted by atomic mass is 10.0. The maximum atomic E-state index is 6.29. The first-order valence-electron chi connectivity index (χ1n) is 9.85. The number of hydrogen-bond donors (Lipinski definition) is 1. The summed E-state index contributed by atoms with van der Waals surface area (Å²) in [6.45, 7) is 1.97. The number of rotatable bonds is 3. The smallest absolute Gasteiger partial charge is 0.110 e. The number of para-hydroxylation sites is 2. The van der Waals surface area contributed by atoms with Crippen molar-refractivity contribution in [2.75, 3.05) is 22.9 Å². The maximum absolute atomic E-state index is 6.29. The van der Waals surface area contributed by atoms with Crippen LogP contribution in [0.4, 0.5) is 17.1 Å². The van der Waals surface area contributed by atoms with Gasteiger partial charge in [-0.15, -0.1) is 0 Å². The first-order chi connectivity index (χ1) is 13.8. The molecule has 5 rings (SSSR count). The molecule has 0 radical (unpaired) electrons. The minimum Gasteiger partial charge on any atom is -0.368 e. The molecule has 1 unspecified atom stereocenters. The zero-order valence-electron chi connectivity index (χ0n) is 15.7. The summed E-state index contributed by atoms with van der Waals surface area (Å²) >= 11 is 1.89. The Morgan fingerprint density at radius 3 is 2.54 bits per heavy atom. The summed E-state index contributed by atoms with van der Waals surface area (Å²) in [6.07, 6.45) is 6.12. The molecule has 2 atom stereocenters. The number of benzene rings is 2. The molecule has 1 fully saturated rings. The number of piperidine rings is 1. The Kier molecular flexibility index (Phi) is 4.71. The topological polar surface area (TPSA) is 45.4 Å². The predicted molar refractivity (Wildman–Crippen MR) is 117 cm³/mol. The fraction of sp³-hybridized carbons (Fsp3) is 0.261. The van der Waals surface area contributed by atoms with Crippen LogP contribution in [0.3, 0.4) is 0 Å². The number of pyridine rings is 1. The summed E-state index contributed by atoms with van der Waals surface area (Å²) < 4.78 is 0. The van der Waals surface area contributed by atoms with Gasteiger partial charge < -0.3 is 15.5 Å². The van der Waals surface area contributed by atoms with Crippen LogP contribution in [0.15, 0.2) is 78.0 Å². The van der Waals surface area contributed by atoms with E-state index in [1.165, 1.54) is 27.5 Å². The van der Waals surface area contributed by atoms with E-state index in [9.17, 15) is 0 Å². The molecule has 2 aliphatic heterocycles. The van der Waals surface area contributed by atoms with Gasteiger partial charge in [-0.1, -0.05) is 54.2 Å². The lowest BCUT2D eigenvalue weighted by molar-refractivity contribution is 0.506. The highest BCUT2D eigenvalue weighted by molar-refractivity contribution is 8.00. The Bertz CT molecular complexity index is 962. The zero-order valence-corrected chi connectivity index (χ0v) is 16.6. The third kappa shape index (κ3) is 3.15. The molecule has 3 heterocycles. The van der Waals surface area contributed by atoms with Crippen LogP contribution in [0, 0.1) is 0 Å². The monoisotopic (exact) mass is 388 g/mol. The molecular formula is C23H24N4S. The second-order valence-corrected chi connectivity index (χ2v) is 8.55. The second-order valence-electron chi connectivity index (χ2n) is 7.43. The van der Waals surface area contributed by atoms with Crippen LogP contribution in [0.1, 0.15) is 23.8 Å². The normalized spacial score (nSPS) is 21.6. The van der Waals surface area contributed by atoms with E-state index in [1.54, 1.807) is 0 Å². The summed E-state index contributed by atoms with van der Waals surface area (Å²) in [5.41, 5.74) is 11.3. The van der Waals surface area contributed by atoms with E-state index in [2.05, 4.69) is 75.4 Å². The first kappa shape index (κ1) is 17.6. The minimum absolute atomic E-state index is 0.194. The lowest BCUT2D eigenvalue weighted by Crippen LogP contribution is -2.43. The molecule has 28 heavy (non-hydrogen) atoms. The fourth-order valence-electron chi connectivity index (χ4n) is 4.21. The fourth-order valence-corrected chi connectivity index (χ4v) is 5.49. The molecule has 2 N–H and O–H groups in total. The molecular weight excluding hydrogens is 364 g/mol. The van der Waals surface area contributed by atoms with E-state index in [4.69, 9.17) is 5.73 Å². The highest BCUT2D eigenvalue weighted by atomic mass is 32.2. The number of fused-ring (bicyclic) bond motifs is 1. The molecule has 1 saturated heterocycles. The Labute approximate surface area is 170 Å². The summed E-state index contributed by atoms with van der Waals surface area (Å²) in [6, 6.07) is 21.8. The molecule has 1 aromatic heterocycles. The zero-order chi connectivity index (χ0) is 18.9. The van der Waals surface area contributed by atoms with Crippen molar-refractivity contribution in [3.8, 4) is 0 Å². The van der Waals surface area contributed by atoms with Crippen molar-refractivity contribution in [2.45, 2.75) is 29.2 Å². The Hall–Kier alpha value is -2.50. The molecule has 5 heteroatoms. The lowest BCUT2D eigenvalue weighted by Gasteiger charge is -2.37. The van der Waals surface area contributed by atoms with Gasteiger partial charge in [0.2, 0.25) is 0 Å². The van der Waals surface area contributed by atoms with Crippen LogP contribution in [-0.2, 0) is 0 Å². The number of nitrogens with two attached hydrogens (primary N) is 1. The number of aromatic nitrogens is 1. The molecule has 2 aromatic carbocycles. The third-order valence-electron chi connectivity index (χ3n) is 5.52. The molecule has 4 nitrogen and oxygen atoms in total. The minimum atomic E-state index is 0.194. The average molecular weight is 389 g/mol. The van der Waals surface area contributed by atoms with E-state index < -0.39 is 0 Å². The van der Waals surface area contributed by atoms with E-state index in [0.717, 1.165) is 25.9 Å². The van der Waals surface area contributed by atoms with Crippen LogP contribution in [0.2, 0.25) is 0 Å². The molecule has 142 valence electrons. The van der Waals surface area contributed by atoms with E-state index >= 15 is 0 Å². The van der Waals surface area contributed by atoms with Gasteiger partial charge >= 0.3 is 0 Å². The molecule has 0 aliphatic carbocycles. The van der Waals surface area contributed by atoms with Crippen molar-refractivity contribution in [2.24, 2.45) is 5.73 Å². The van der Waals surface area contributed by atoms with Crippen molar-refractivity contribution in [1.29, 1.82) is 0 Å². The largest absolute Gasteiger partial charge is 0.368 e. The summed E-state index contributed by atoms with van der Waals surface area (Å²) in [5.74, 6) is 0. The van der Waals surface area contributed by atoms with Gasteiger partial charge in [-0.25, -0.2) is 0 Å². The number of thioether (sulfide) groups is 1. The van der Waals surface area contributed by atoms with Gasteiger partial charge in [0, 0.05) is 30.2 Å². The van der Waals surface area contributed by atoms with Crippen molar-refractivity contribution in [3.05, 3.63) is 78.6 Å². The third-order valence-corrected chi connectivity index (χ3v) is 6.82. The van der Waals surface area contributed by atoms with Crippen molar-refractivity contribution in [1.82, 2.24) is 4.98 Å². The highest BCUT2D eigenvalue weighted by Crippen LogP contribution is 2.55. The molecule has 0 saturated carbocycles. The van der Waals surface area contributed by atoms with Crippen LogP contribution >= 0.6 is 11.8 Å². The summed E-state index contributed by atoms with van der Waals surface area (Å²) in [5, 5.41) is 0.194. The molecule has 0 amide bonds. The van der Waals surface area contributed by atoms with Crippen molar-refractivity contribution >= 4 is 28.8 Å². The van der Waals surface area contributed by atoms with Crippen molar-refractivity contribution < 1.29 is 0 Å². The first-order valence-corrected chi connectivity index (χ1v) is 10.7. The predicted octanol–water partition coefficient (Wildman–Crippen LogP) is 4.95. The van der Waals surface area contributed by atoms with E-state index in [-0.39, 0.29) is 11.4 Å². The number of nitrogens with zero attached hydrogens (tertiary/aromatic N) is 3. The van der Waals surface area contributed by atoms with Crippen LogP contribution < -0.4 is 15.5 Å². The van der Waals surface area contributed by atoms with Gasteiger partial charge in [-0.2, -0.15) is 0 Å². The average Bonchev–Trinajstić information content (AvgIpc) is 3.14. The Balaban J connectivity index is 1.62. The van der Waals surface area contributed by atoms with E-state index in [1.807, 2.05) is 24.2 Å². The van der Waals surface area contributed by atoms with Gasteiger partial charge in [0.25, 0.3) is 0 Å². The standard InChI is InChI=1S/C23H24N4S/c24-18-9-6-14-26(16-18)19-10-4-5-11-20(19)27-21-15-25-13-12-22(21)28-23(27)17-7-2-1-3-8-17/h1-5,7-8,10-13,15,18,23H,6,9,14,16,24H2/t18?,23-/m0/s1.